The molecule has 18 heavy (non-hydrogen) atoms. The summed E-state index contributed by atoms with van der Waals surface area (Å²) in [6.07, 6.45) is 6.31. The van der Waals surface area contributed by atoms with Gasteiger partial charge in [0, 0.05) is 12.1 Å². The van der Waals surface area contributed by atoms with E-state index in [1.54, 1.807) is 13.0 Å². The van der Waals surface area contributed by atoms with Crippen molar-refractivity contribution >= 4 is 5.91 Å². The molecule has 0 atom stereocenters. The van der Waals surface area contributed by atoms with Gasteiger partial charge in [0.2, 0.25) is 0 Å². The van der Waals surface area contributed by atoms with Gasteiger partial charge in [-0.25, -0.2) is 4.39 Å². The van der Waals surface area contributed by atoms with Gasteiger partial charge < -0.3 is 5.32 Å². The van der Waals surface area contributed by atoms with Crippen molar-refractivity contribution in [1.29, 1.82) is 0 Å². The molecule has 0 spiro atoms. The standard InChI is InChI=1S/C15H20FNO/c1-11-10-13(6-7-14(11)16)15(18)17-9-8-12-4-2-3-5-12/h6-7,10,12H,2-5,8-9H2,1H3,(H,17,18). The van der Waals surface area contributed by atoms with Crippen molar-refractivity contribution in [1.82, 2.24) is 5.32 Å². The molecule has 0 radical (unpaired) electrons. The van der Waals surface area contributed by atoms with Crippen molar-refractivity contribution in [3.8, 4) is 0 Å². The lowest BCUT2D eigenvalue weighted by Crippen LogP contribution is -2.25. The molecule has 3 heteroatoms. The Kier molecular flexibility index (Phi) is 4.34. The molecular formula is C15H20FNO. The van der Waals surface area contributed by atoms with Gasteiger partial charge in [0.15, 0.2) is 0 Å². The molecular weight excluding hydrogens is 229 g/mol. The molecule has 1 saturated carbocycles. The molecule has 1 aromatic rings. The highest BCUT2D eigenvalue weighted by atomic mass is 19.1. The first-order valence-corrected chi connectivity index (χ1v) is 6.71. The van der Waals surface area contributed by atoms with E-state index in [4.69, 9.17) is 0 Å². The Labute approximate surface area is 108 Å². The Morgan fingerprint density at radius 3 is 2.78 bits per heavy atom. The molecule has 0 saturated heterocycles. The molecule has 1 amide bonds. The Morgan fingerprint density at radius 1 is 1.39 bits per heavy atom. The predicted octanol–water partition coefficient (Wildman–Crippen LogP) is 3.44. The average molecular weight is 249 g/mol. The van der Waals surface area contributed by atoms with Crippen molar-refractivity contribution in [2.75, 3.05) is 6.54 Å². The number of benzene rings is 1. The number of aryl methyl sites for hydroxylation is 1. The lowest BCUT2D eigenvalue weighted by molar-refractivity contribution is 0.0951. The monoisotopic (exact) mass is 249 g/mol. The number of nitrogens with one attached hydrogen (secondary N) is 1. The number of carbonyl (C=O) groups is 1. The molecule has 0 aromatic heterocycles. The summed E-state index contributed by atoms with van der Waals surface area (Å²) in [5, 5.41) is 2.91. The first kappa shape index (κ1) is 13.1. The maximum absolute atomic E-state index is 13.1. The second-order valence-corrected chi connectivity index (χ2v) is 5.16. The smallest absolute Gasteiger partial charge is 0.251 e. The quantitative estimate of drug-likeness (QED) is 0.870. The van der Waals surface area contributed by atoms with Crippen molar-refractivity contribution in [3.63, 3.8) is 0 Å². The molecule has 0 aliphatic heterocycles. The van der Waals surface area contributed by atoms with E-state index in [0.29, 0.717) is 11.1 Å². The van der Waals surface area contributed by atoms with Crippen LogP contribution >= 0.6 is 0 Å². The molecule has 1 N–H and O–H groups in total. The lowest BCUT2D eigenvalue weighted by Gasteiger charge is -2.10. The van der Waals surface area contributed by atoms with E-state index in [9.17, 15) is 9.18 Å². The fourth-order valence-electron chi connectivity index (χ4n) is 2.58. The highest BCUT2D eigenvalue weighted by molar-refractivity contribution is 5.94. The highest BCUT2D eigenvalue weighted by Crippen LogP contribution is 2.26. The van der Waals surface area contributed by atoms with Gasteiger partial charge in [0.1, 0.15) is 5.82 Å². The molecule has 1 aromatic carbocycles. The van der Waals surface area contributed by atoms with Crippen LogP contribution in [-0.4, -0.2) is 12.5 Å². The molecule has 2 rings (SSSR count). The molecule has 2 nitrogen and oxygen atoms in total. The van der Waals surface area contributed by atoms with Crippen molar-refractivity contribution in [3.05, 3.63) is 35.1 Å². The summed E-state index contributed by atoms with van der Waals surface area (Å²) in [4.78, 5) is 11.8. The van der Waals surface area contributed by atoms with Crippen LogP contribution in [0.4, 0.5) is 4.39 Å². The summed E-state index contributed by atoms with van der Waals surface area (Å²) in [6.45, 7) is 2.39. The fraction of sp³-hybridized carbons (Fsp3) is 0.533. The maximum Gasteiger partial charge on any atom is 0.251 e. The summed E-state index contributed by atoms with van der Waals surface area (Å²) < 4.78 is 13.1. The van der Waals surface area contributed by atoms with E-state index in [-0.39, 0.29) is 11.7 Å². The number of rotatable bonds is 4. The summed E-state index contributed by atoms with van der Waals surface area (Å²) in [5.74, 6) is 0.411. The highest BCUT2D eigenvalue weighted by Gasteiger charge is 2.15. The van der Waals surface area contributed by atoms with Gasteiger partial charge in [-0.3, -0.25) is 4.79 Å². The molecule has 1 fully saturated rings. The number of amides is 1. The largest absolute Gasteiger partial charge is 0.352 e. The predicted molar refractivity (Wildman–Crippen MR) is 70.0 cm³/mol. The number of hydrogen-bond donors (Lipinski definition) is 1. The zero-order valence-corrected chi connectivity index (χ0v) is 10.8. The van der Waals surface area contributed by atoms with Crippen LogP contribution in [0.1, 0.15) is 48.0 Å². The van der Waals surface area contributed by atoms with Crippen LogP contribution in [0.15, 0.2) is 18.2 Å². The van der Waals surface area contributed by atoms with E-state index < -0.39 is 0 Å². The van der Waals surface area contributed by atoms with Gasteiger partial charge in [-0.1, -0.05) is 25.7 Å². The normalized spacial score (nSPS) is 15.9. The minimum absolute atomic E-state index is 0.101. The molecule has 1 aliphatic carbocycles. The zero-order chi connectivity index (χ0) is 13.0. The molecule has 0 unspecified atom stereocenters. The van der Waals surface area contributed by atoms with Crippen LogP contribution in [-0.2, 0) is 0 Å². The topological polar surface area (TPSA) is 29.1 Å². The lowest BCUT2D eigenvalue weighted by atomic mass is 10.0. The fourth-order valence-corrected chi connectivity index (χ4v) is 2.58. The molecule has 0 bridgehead atoms. The Bertz CT molecular complexity index is 425. The van der Waals surface area contributed by atoms with Crippen molar-refractivity contribution < 1.29 is 9.18 Å². The van der Waals surface area contributed by atoms with Crippen LogP contribution in [0.25, 0.3) is 0 Å². The summed E-state index contributed by atoms with van der Waals surface area (Å²) in [7, 11) is 0. The first-order valence-electron chi connectivity index (χ1n) is 6.71. The summed E-state index contributed by atoms with van der Waals surface area (Å²) in [6, 6.07) is 4.48. The van der Waals surface area contributed by atoms with Crippen molar-refractivity contribution in [2.24, 2.45) is 5.92 Å². The SMILES string of the molecule is Cc1cc(C(=O)NCCC2CCCC2)ccc1F. The molecule has 98 valence electrons. The van der Waals surface area contributed by atoms with Gasteiger partial charge >= 0.3 is 0 Å². The summed E-state index contributed by atoms with van der Waals surface area (Å²) >= 11 is 0. The van der Waals surface area contributed by atoms with Crippen LogP contribution in [0.3, 0.4) is 0 Å². The van der Waals surface area contributed by atoms with Crippen LogP contribution in [0, 0.1) is 18.7 Å². The third kappa shape index (κ3) is 3.31. The average Bonchev–Trinajstić information content (AvgIpc) is 2.85. The van der Waals surface area contributed by atoms with Gasteiger partial charge in [0.25, 0.3) is 5.91 Å². The molecule has 0 heterocycles. The van der Waals surface area contributed by atoms with E-state index >= 15 is 0 Å². The second-order valence-electron chi connectivity index (χ2n) is 5.16. The Morgan fingerprint density at radius 2 is 2.11 bits per heavy atom. The summed E-state index contributed by atoms with van der Waals surface area (Å²) in [5.41, 5.74) is 1.05. The van der Waals surface area contributed by atoms with Gasteiger partial charge in [0.05, 0.1) is 0 Å². The van der Waals surface area contributed by atoms with E-state index in [0.717, 1.165) is 18.9 Å². The van der Waals surface area contributed by atoms with Crippen LogP contribution in [0.5, 0.6) is 0 Å². The Balaban J connectivity index is 1.81. The van der Waals surface area contributed by atoms with E-state index in [2.05, 4.69) is 5.32 Å². The van der Waals surface area contributed by atoms with Crippen molar-refractivity contribution in [2.45, 2.75) is 39.0 Å². The zero-order valence-electron chi connectivity index (χ0n) is 10.8. The maximum atomic E-state index is 13.1. The van der Waals surface area contributed by atoms with Gasteiger partial charge in [-0.2, -0.15) is 0 Å². The third-order valence-electron chi connectivity index (χ3n) is 3.73. The first-order chi connectivity index (χ1) is 8.66. The van der Waals surface area contributed by atoms with Gasteiger partial charge in [-0.05, 0) is 43.0 Å². The number of halogens is 1. The third-order valence-corrected chi connectivity index (χ3v) is 3.73. The van der Waals surface area contributed by atoms with Gasteiger partial charge in [-0.15, -0.1) is 0 Å². The number of carbonyl (C=O) groups excluding carboxylic acids is 1. The van der Waals surface area contributed by atoms with Crippen LogP contribution < -0.4 is 5.32 Å². The Hall–Kier alpha value is -1.38. The minimum Gasteiger partial charge on any atom is -0.352 e. The van der Waals surface area contributed by atoms with Crippen LogP contribution in [0.2, 0.25) is 0 Å². The van der Waals surface area contributed by atoms with E-state index in [1.807, 2.05) is 0 Å². The second kappa shape index (κ2) is 5.98. The molecule has 1 aliphatic rings. The van der Waals surface area contributed by atoms with E-state index in [1.165, 1.54) is 37.8 Å². The number of hydrogen-bond acceptors (Lipinski definition) is 1. The minimum atomic E-state index is -0.266.